The minimum absolute atomic E-state index is 0.0746. The summed E-state index contributed by atoms with van der Waals surface area (Å²) in [5.74, 6) is -0.0334. The van der Waals surface area contributed by atoms with E-state index >= 15 is 0 Å². The maximum Gasteiger partial charge on any atom is 0.264 e. The molecule has 1 N–H and O–H groups in total. The molecule has 3 aromatic rings. The summed E-state index contributed by atoms with van der Waals surface area (Å²) >= 11 is 6.27. The lowest BCUT2D eigenvalue weighted by molar-refractivity contribution is -0.119. The van der Waals surface area contributed by atoms with Crippen molar-refractivity contribution in [3.05, 3.63) is 88.9 Å². The van der Waals surface area contributed by atoms with Crippen molar-refractivity contribution in [1.82, 2.24) is 10.2 Å². The van der Waals surface area contributed by atoms with Crippen molar-refractivity contribution in [2.75, 3.05) is 44.3 Å². The minimum atomic E-state index is -4.03. The molecule has 1 amide bonds. The summed E-state index contributed by atoms with van der Waals surface area (Å²) in [5.41, 5.74) is 2.34. The standard InChI is InChI=1S/C27H30ClN3O5S/c1-35-26-11-10-23(17-25(26)28)31(37(33,34)24-8-3-2-4-9-24)20-27(32)29-18-21-6-5-7-22(16-21)19-30-12-14-36-15-13-30/h2-11,16-17H,12-15,18-20H2,1H3,(H,29,32). The number of hydrogen-bond acceptors (Lipinski definition) is 6. The number of carbonyl (C=O) groups is 1. The molecule has 0 aromatic heterocycles. The molecule has 1 fully saturated rings. The van der Waals surface area contributed by atoms with E-state index in [1.807, 2.05) is 12.1 Å². The van der Waals surface area contributed by atoms with Crippen molar-refractivity contribution in [2.24, 2.45) is 0 Å². The smallest absolute Gasteiger partial charge is 0.264 e. The maximum atomic E-state index is 13.5. The number of morpholine rings is 1. The van der Waals surface area contributed by atoms with Crippen LogP contribution in [-0.4, -0.2) is 59.2 Å². The molecule has 0 radical (unpaired) electrons. The van der Waals surface area contributed by atoms with Gasteiger partial charge in [0.05, 0.1) is 35.9 Å². The first-order valence-corrected chi connectivity index (χ1v) is 13.7. The van der Waals surface area contributed by atoms with Gasteiger partial charge in [-0.2, -0.15) is 0 Å². The number of anilines is 1. The lowest BCUT2D eigenvalue weighted by atomic mass is 10.1. The van der Waals surface area contributed by atoms with E-state index in [0.29, 0.717) is 5.75 Å². The minimum Gasteiger partial charge on any atom is -0.495 e. The number of hydrogen-bond donors (Lipinski definition) is 1. The van der Waals surface area contributed by atoms with Crippen LogP contribution in [0, 0.1) is 0 Å². The van der Waals surface area contributed by atoms with Gasteiger partial charge in [-0.25, -0.2) is 8.42 Å². The van der Waals surface area contributed by atoms with Crippen LogP contribution in [0.15, 0.2) is 77.7 Å². The van der Waals surface area contributed by atoms with Gasteiger partial charge in [0, 0.05) is 26.2 Å². The van der Waals surface area contributed by atoms with Gasteiger partial charge in [-0.15, -0.1) is 0 Å². The normalized spacial score (nSPS) is 14.2. The van der Waals surface area contributed by atoms with E-state index in [2.05, 4.69) is 22.3 Å². The predicted octanol–water partition coefficient (Wildman–Crippen LogP) is 3.69. The van der Waals surface area contributed by atoms with Crippen LogP contribution in [0.5, 0.6) is 5.75 Å². The van der Waals surface area contributed by atoms with Gasteiger partial charge in [0.15, 0.2) is 0 Å². The molecule has 1 saturated heterocycles. The summed E-state index contributed by atoms with van der Waals surface area (Å²) in [6.45, 7) is 3.93. The molecule has 1 aliphatic heterocycles. The van der Waals surface area contributed by atoms with Crippen LogP contribution >= 0.6 is 11.6 Å². The average molecular weight is 544 g/mol. The summed E-state index contributed by atoms with van der Waals surface area (Å²) in [5, 5.41) is 3.10. The number of sulfonamides is 1. The fourth-order valence-electron chi connectivity index (χ4n) is 4.09. The van der Waals surface area contributed by atoms with Crippen molar-refractivity contribution in [3.63, 3.8) is 0 Å². The van der Waals surface area contributed by atoms with Crippen LogP contribution in [-0.2, 0) is 32.6 Å². The number of rotatable bonds is 10. The van der Waals surface area contributed by atoms with E-state index in [9.17, 15) is 13.2 Å². The summed E-state index contributed by atoms with van der Waals surface area (Å²) in [7, 11) is -2.56. The van der Waals surface area contributed by atoms with Crippen molar-refractivity contribution >= 4 is 33.2 Å². The van der Waals surface area contributed by atoms with Gasteiger partial charge in [0.1, 0.15) is 12.3 Å². The lowest BCUT2D eigenvalue weighted by Crippen LogP contribution is -2.40. The molecule has 0 atom stereocenters. The number of ether oxygens (including phenoxy) is 2. The molecule has 196 valence electrons. The molecule has 1 aliphatic rings. The van der Waals surface area contributed by atoms with Crippen molar-refractivity contribution in [2.45, 2.75) is 18.0 Å². The molecule has 1 heterocycles. The quantitative estimate of drug-likeness (QED) is 0.419. The first kappa shape index (κ1) is 26.9. The Kier molecular flexibility index (Phi) is 9.04. The van der Waals surface area contributed by atoms with Crippen LogP contribution in [0.2, 0.25) is 5.02 Å². The number of halogens is 1. The highest BCUT2D eigenvalue weighted by molar-refractivity contribution is 7.92. The van der Waals surface area contributed by atoms with Crippen molar-refractivity contribution in [1.29, 1.82) is 0 Å². The summed E-state index contributed by atoms with van der Waals surface area (Å²) in [4.78, 5) is 15.4. The van der Waals surface area contributed by atoms with Gasteiger partial charge in [-0.1, -0.05) is 54.1 Å². The van der Waals surface area contributed by atoms with Crippen LogP contribution in [0.25, 0.3) is 0 Å². The van der Waals surface area contributed by atoms with Crippen LogP contribution in [0.3, 0.4) is 0 Å². The fourth-order valence-corrected chi connectivity index (χ4v) is 5.77. The third kappa shape index (κ3) is 7.01. The lowest BCUT2D eigenvalue weighted by Gasteiger charge is -2.26. The second-order valence-electron chi connectivity index (χ2n) is 8.63. The zero-order valence-electron chi connectivity index (χ0n) is 20.6. The number of benzene rings is 3. The third-order valence-corrected chi connectivity index (χ3v) is 8.12. The Balaban J connectivity index is 1.48. The van der Waals surface area contributed by atoms with Gasteiger partial charge in [0.25, 0.3) is 10.0 Å². The average Bonchev–Trinajstić information content (AvgIpc) is 2.92. The topological polar surface area (TPSA) is 88.2 Å². The van der Waals surface area contributed by atoms with Gasteiger partial charge >= 0.3 is 0 Å². The summed E-state index contributed by atoms with van der Waals surface area (Å²) < 4.78 is 38.7. The monoisotopic (exact) mass is 543 g/mol. The van der Waals surface area contributed by atoms with Crippen LogP contribution < -0.4 is 14.4 Å². The molecular weight excluding hydrogens is 514 g/mol. The molecule has 3 aromatic carbocycles. The number of amides is 1. The van der Waals surface area contributed by atoms with E-state index in [1.54, 1.807) is 30.3 Å². The van der Waals surface area contributed by atoms with E-state index in [4.69, 9.17) is 21.1 Å². The zero-order chi connectivity index (χ0) is 26.3. The first-order chi connectivity index (χ1) is 17.9. The predicted molar refractivity (Wildman–Crippen MR) is 143 cm³/mol. The fraction of sp³-hybridized carbons (Fsp3) is 0.296. The van der Waals surface area contributed by atoms with Crippen molar-refractivity contribution < 1.29 is 22.7 Å². The molecule has 0 aliphatic carbocycles. The highest BCUT2D eigenvalue weighted by Crippen LogP contribution is 2.31. The molecule has 0 spiro atoms. The Morgan fingerprint density at radius 3 is 2.46 bits per heavy atom. The first-order valence-electron chi connectivity index (χ1n) is 11.9. The Labute approximate surface area is 222 Å². The van der Waals surface area contributed by atoms with Gasteiger partial charge in [-0.05, 0) is 41.5 Å². The second kappa shape index (κ2) is 12.4. The Morgan fingerprint density at radius 2 is 1.76 bits per heavy atom. The SMILES string of the molecule is COc1ccc(N(CC(=O)NCc2cccc(CN3CCOCC3)c2)S(=O)(=O)c2ccccc2)cc1Cl. The molecule has 0 unspecified atom stereocenters. The molecule has 8 nitrogen and oxygen atoms in total. The maximum absolute atomic E-state index is 13.5. The number of nitrogens with one attached hydrogen (secondary N) is 1. The van der Waals surface area contributed by atoms with E-state index in [0.717, 1.165) is 48.3 Å². The largest absolute Gasteiger partial charge is 0.495 e. The van der Waals surface area contributed by atoms with Crippen LogP contribution in [0.1, 0.15) is 11.1 Å². The van der Waals surface area contributed by atoms with E-state index < -0.39 is 22.5 Å². The molecule has 10 heteroatoms. The number of methoxy groups -OCH3 is 1. The molecule has 0 bridgehead atoms. The molecule has 4 rings (SSSR count). The van der Waals surface area contributed by atoms with Gasteiger partial charge in [-0.3, -0.25) is 14.0 Å². The summed E-state index contributed by atoms with van der Waals surface area (Å²) in [6, 6.07) is 20.6. The summed E-state index contributed by atoms with van der Waals surface area (Å²) in [6.07, 6.45) is 0. The second-order valence-corrected chi connectivity index (χ2v) is 10.9. The molecule has 37 heavy (non-hydrogen) atoms. The van der Waals surface area contributed by atoms with Crippen molar-refractivity contribution in [3.8, 4) is 5.75 Å². The van der Waals surface area contributed by atoms with E-state index in [1.165, 1.54) is 25.3 Å². The number of nitrogens with zero attached hydrogens (tertiary/aromatic N) is 2. The highest BCUT2D eigenvalue weighted by Gasteiger charge is 2.27. The Bertz CT molecular complexity index is 1310. The van der Waals surface area contributed by atoms with Crippen LogP contribution in [0.4, 0.5) is 5.69 Å². The Morgan fingerprint density at radius 1 is 1.03 bits per heavy atom. The molecule has 0 saturated carbocycles. The van der Waals surface area contributed by atoms with E-state index in [-0.39, 0.29) is 22.2 Å². The highest BCUT2D eigenvalue weighted by atomic mass is 35.5. The third-order valence-electron chi connectivity index (χ3n) is 6.03. The van der Waals surface area contributed by atoms with Gasteiger partial charge in [0.2, 0.25) is 5.91 Å². The Hall–Kier alpha value is -3.11. The number of carbonyl (C=O) groups excluding carboxylic acids is 1. The van der Waals surface area contributed by atoms with Gasteiger partial charge < -0.3 is 14.8 Å². The zero-order valence-corrected chi connectivity index (χ0v) is 22.2. The molecular formula is C27H30ClN3O5S.